The lowest BCUT2D eigenvalue weighted by Crippen LogP contribution is -2.67. The molecule has 0 aliphatic carbocycles. The molecule has 0 spiro atoms. The molecule has 176 valence electrons. The minimum absolute atomic E-state index is 0.111. The van der Waals surface area contributed by atoms with Gasteiger partial charge in [-0.05, 0) is 77.4 Å². The van der Waals surface area contributed by atoms with Crippen molar-refractivity contribution < 1.29 is 24.5 Å². The topological polar surface area (TPSA) is 79.2 Å². The minimum atomic E-state index is -1.07. The monoisotopic (exact) mass is 467 g/mol. The number of phenols is 2. The number of anilines is 1. The third-order valence-electron chi connectivity index (χ3n) is 6.65. The Morgan fingerprint density at radius 2 is 1.09 bits per heavy atom. The van der Waals surface area contributed by atoms with Crippen LogP contribution in [0.5, 0.6) is 23.0 Å². The first-order chi connectivity index (χ1) is 17.0. The lowest BCUT2D eigenvalue weighted by molar-refractivity contribution is -0.131. The molecule has 1 saturated heterocycles. The number of carbonyl (C=O) groups is 1. The second kappa shape index (κ2) is 8.72. The molecule has 0 unspecified atom stereocenters. The molecule has 0 aromatic heterocycles. The molecule has 6 heteroatoms. The Morgan fingerprint density at radius 1 is 0.657 bits per heavy atom. The lowest BCUT2D eigenvalue weighted by atomic mass is 9.59. The van der Waals surface area contributed by atoms with E-state index in [1.807, 2.05) is 48.5 Å². The second-order valence-corrected chi connectivity index (χ2v) is 8.45. The number of nitrogens with zero attached hydrogens (tertiary/aromatic N) is 1. The van der Waals surface area contributed by atoms with Crippen LogP contribution in [0.1, 0.15) is 22.7 Å². The average Bonchev–Trinajstić information content (AvgIpc) is 2.90. The molecule has 35 heavy (non-hydrogen) atoms. The number of rotatable bonds is 6. The Bertz CT molecular complexity index is 1280. The zero-order valence-corrected chi connectivity index (χ0v) is 19.4. The number of β-lactam (4-membered cyclic amide) rings is 1. The van der Waals surface area contributed by atoms with Crippen molar-refractivity contribution in [3.63, 3.8) is 0 Å². The second-order valence-electron chi connectivity index (χ2n) is 8.45. The molecule has 6 nitrogen and oxygen atoms in total. The summed E-state index contributed by atoms with van der Waals surface area (Å²) in [6.45, 7) is 0. The standard InChI is InChI=1S/C29H25NO5/c1-34-25-15-3-19(4-16-25)27-29(20-5-11-23(31)12-6-20,21-7-13-24(32)14-8-21)28(33)30(27)22-9-17-26(35-2)18-10-22/h3-18,27,31-32H,1-2H3/t27-/m1/s1. The van der Waals surface area contributed by atoms with Gasteiger partial charge in [-0.3, -0.25) is 4.79 Å². The number of methoxy groups -OCH3 is 2. The number of phenolic OH excluding ortho intramolecular Hbond substituents is 2. The molecule has 1 aliphatic heterocycles. The van der Waals surface area contributed by atoms with Gasteiger partial charge < -0.3 is 24.6 Å². The van der Waals surface area contributed by atoms with Gasteiger partial charge in [0.25, 0.3) is 0 Å². The van der Waals surface area contributed by atoms with Gasteiger partial charge in [0.05, 0.1) is 20.3 Å². The van der Waals surface area contributed by atoms with E-state index in [9.17, 15) is 15.0 Å². The van der Waals surface area contributed by atoms with Gasteiger partial charge in [0.2, 0.25) is 5.91 Å². The van der Waals surface area contributed by atoms with Crippen LogP contribution in [0, 0.1) is 0 Å². The molecule has 1 heterocycles. The summed E-state index contributed by atoms with van der Waals surface area (Å²) in [4.78, 5) is 16.0. The summed E-state index contributed by atoms with van der Waals surface area (Å²) < 4.78 is 10.7. The van der Waals surface area contributed by atoms with Crippen molar-refractivity contribution >= 4 is 11.6 Å². The summed E-state index contributed by atoms with van der Waals surface area (Å²) in [5.74, 6) is 1.55. The number of carbonyl (C=O) groups excluding carboxylic acids is 1. The maximum Gasteiger partial charge on any atom is 0.245 e. The van der Waals surface area contributed by atoms with E-state index in [2.05, 4.69) is 0 Å². The van der Waals surface area contributed by atoms with E-state index in [0.29, 0.717) is 5.75 Å². The van der Waals surface area contributed by atoms with Crippen molar-refractivity contribution in [3.8, 4) is 23.0 Å². The number of hydrogen-bond donors (Lipinski definition) is 2. The molecule has 2 N–H and O–H groups in total. The summed E-state index contributed by atoms with van der Waals surface area (Å²) in [6.07, 6.45) is 0. The Kier molecular flexibility index (Phi) is 5.57. The van der Waals surface area contributed by atoms with Crippen molar-refractivity contribution in [1.29, 1.82) is 0 Å². The molecular weight excluding hydrogens is 442 g/mol. The highest BCUT2D eigenvalue weighted by Gasteiger charge is 2.63. The largest absolute Gasteiger partial charge is 0.508 e. The van der Waals surface area contributed by atoms with Crippen molar-refractivity contribution in [2.75, 3.05) is 19.1 Å². The first-order valence-corrected chi connectivity index (χ1v) is 11.2. The highest BCUT2D eigenvalue weighted by molar-refractivity contribution is 6.12. The zero-order chi connectivity index (χ0) is 24.6. The van der Waals surface area contributed by atoms with E-state index in [4.69, 9.17) is 9.47 Å². The fourth-order valence-electron chi connectivity index (χ4n) is 4.92. The summed E-state index contributed by atoms with van der Waals surface area (Å²) in [5, 5.41) is 19.9. The summed E-state index contributed by atoms with van der Waals surface area (Å²) in [5.41, 5.74) is 2.08. The SMILES string of the molecule is COc1ccc([C@H]2N(c3ccc(OC)cc3)C(=O)C2(c2ccc(O)cc2)c2ccc(O)cc2)cc1. The molecule has 5 rings (SSSR count). The van der Waals surface area contributed by atoms with Gasteiger partial charge in [0.15, 0.2) is 0 Å². The Labute approximate surface area is 203 Å². The van der Waals surface area contributed by atoms with Crippen LogP contribution in [-0.4, -0.2) is 30.3 Å². The Balaban J connectivity index is 1.74. The maximum atomic E-state index is 14.3. The van der Waals surface area contributed by atoms with Crippen molar-refractivity contribution in [1.82, 2.24) is 0 Å². The van der Waals surface area contributed by atoms with Gasteiger partial charge in [-0.2, -0.15) is 0 Å². The summed E-state index contributed by atoms with van der Waals surface area (Å²) in [7, 11) is 3.22. The molecule has 1 atom stereocenters. The van der Waals surface area contributed by atoms with E-state index < -0.39 is 11.5 Å². The van der Waals surface area contributed by atoms with Crippen LogP contribution >= 0.6 is 0 Å². The Hall–Kier alpha value is -4.45. The first-order valence-electron chi connectivity index (χ1n) is 11.2. The van der Waals surface area contributed by atoms with E-state index in [-0.39, 0.29) is 17.4 Å². The van der Waals surface area contributed by atoms with Crippen LogP contribution in [-0.2, 0) is 10.2 Å². The quantitative estimate of drug-likeness (QED) is 0.382. The van der Waals surface area contributed by atoms with E-state index in [1.165, 1.54) is 0 Å². The summed E-state index contributed by atoms with van der Waals surface area (Å²) >= 11 is 0. The Morgan fingerprint density at radius 3 is 1.51 bits per heavy atom. The van der Waals surface area contributed by atoms with Gasteiger partial charge in [-0.25, -0.2) is 0 Å². The molecule has 4 aromatic rings. The molecule has 1 fully saturated rings. The maximum absolute atomic E-state index is 14.3. The van der Waals surface area contributed by atoms with E-state index in [0.717, 1.165) is 28.1 Å². The fourth-order valence-corrected chi connectivity index (χ4v) is 4.92. The summed E-state index contributed by atoms with van der Waals surface area (Å²) in [6, 6.07) is 28.1. The molecule has 1 amide bonds. The third kappa shape index (κ3) is 3.54. The number of aromatic hydroxyl groups is 2. The van der Waals surface area contributed by atoms with E-state index >= 15 is 0 Å². The predicted molar refractivity (Wildman–Crippen MR) is 133 cm³/mol. The van der Waals surface area contributed by atoms with Gasteiger partial charge in [0, 0.05) is 5.69 Å². The van der Waals surface area contributed by atoms with Crippen LogP contribution in [0.25, 0.3) is 0 Å². The highest BCUT2D eigenvalue weighted by Crippen LogP contribution is 2.57. The minimum Gasteiger partial charge on any atom is -0.508 e. The third-order valence-corrected chi connectivity index (χ3v) is 6.65. The smallest absolute Gasteiger partial charge is 0.245 e. The normalized spacial score (nSPS) is 16.5. The van der Waals surface area contributed by atoms with Crippen LogP contribution in [0.4, 0.5) is 5.69 Å². The molecular formula is C29H25NO5. The van der Waals surface area contributed by atoms with Gasteiger partial charge >= 0.3 is 0 Å². The van der Waals surface area contributed by atoms with Crippen molar-refractivity contribution in [2.24, 2.45) is 0 Å². The number of benzene rings is 4. The number of hydrogen-bond acceptors (Lipinski definition) is 5. The van der Waals surface area contributed by atoms with Crippen molar-refractivity contribution in [3.05, 3.63) is 114 Å². The molecule has 0 radical (unpaired) electrons. The van der Waals surface area contributed by atoms with Crippen molar-refractivity contribution in [2.45, 2.75) is 11.5 Å². The van der Waals surface area contributed by atoms with E-state index in [1.54, 1.807) is 67.7 Å². The van der Waals surface area contributed by atoms with Crippen LogP contribution in [0.2, 0.25) is 0 Å². The number of amides is 1. The highest BCUT2D eigenvalue weighted by atomic mass is 16.5. The molecule has 4 aromatic carbocycles. The lowest BCUT2D eigenvalue weighted by Gasteiger charge is -2.57. The van der Waals surface area contributed by atoms with Gasteiger partial charge in [-0.15, -0.1) is 0 Å². The van der Waals surface area contributed by atoms with Crippen LogP contribution in [0.15, 0.2) is 97.1 Å². The molecule has 0 saturated carbocycles. The van der Waals surface area contributed by atoms with Crippen LogP contribution in [0.3, 0.4) is 0 Å². The average molecular weight is 468 g/mol. The number of ether oxygens (including phenoxy) is 2. The van der Waals surface area contributed by atoms with Gasteiger partial charge in [0.1, 0.15) is 28.4 Å². The first kappa shape index (κ1) is 22.3. The zero-order valence-electron chi connectivity index (χ0n) is 19.4. The predicted octanol–water partition coefficient (Wildman–Crippen LogP) is 5.19. The van der Waals surface area contributed by atoms with Gasteiger partial charge in [-0.1, -0.05) is 36.4 Å². The van der Waals surface area contributed by atoms with Crippen LogP contribution < -0.4 is 14.4 Å². The molecule has 0 bridgehead atoms. The fraction of sp³-hybridized carbons (Fsp3) is 0.138. The molecule has 1 aliphatic rings.